The van der Waals surface area contributed by atoms with Gasteiger partial charge in [-0.25, -0.2) is 9.59 Å². The summed E-state index contributed by atoms with van der Waals surface area (Å²) in [4.78, 5) is 54.4. The van der Waals surface area contributed by atoms with Gasteiger partial charge in [-0.3, -0.25) is 9.59 Å². The highest BCUT2D eigenvalue weighted by Gasteiger charge is 2.83. The Morgan fingerprint density at radius 3 is 2.55 bits per heavy atom. The number of fused-ring (bicyclic) bond motifs is 8. The Bertz CT molecular complexity index is 1260. The molecule has 2 N–H and O–H groups in total. The summed E-state index contributed by atoms with van der Waals surface area (Å²) in [5.74, 6) is -4.76. The van der Waals surface area contributed by atoms with E-state index < -0.39 is 81.1 Å². The summed E-state index contributed by atoms with van der Waals surface area (Å²) < 4.78 is 24.1. The fraction of sp³-hybridized carbons (Fsp3) is 0.714. The van der Waals surface area contributed by atoms with Crippen LogP contribution < -0.4 is 0 Å². The molecular weight excluding hydrogens is 496 g/mol. The van der Waals surface area contributed by atoms with Gasteiger partial charge in [0.15, 0.2) is 23.1 Å². The highest BCUT2D eigenvalue weighted by atomic mass is 16.7. The van der Waals surface area contributed by atoms with Gasteiger partial charge in [0.25, 0.3) is 0 Å². The van der Waals surface area contributed by atoms with Crippen LogP contribution in [0.15, 0.2) is 24.3 Å². The predicted octanol–water partition coefficient (Wildman–Crippen LogP) is 0.918. The first kappa shape index (κ1) is 24.5. The molecule has 7 rings (SSSR count). The molecule has 7 aliphatic rings. The van der Waals surface area contributed by atoms with E-state index in [9.17, 15) is 29.4 Å². The Labute approximate surface area is 219 Å². The molecule has 0 radical (unpaired) electrons. The third kappa shape index (κ3) is 2.47. The molecule has 3 aliphatic carbocycles. The van der Waals surface area contributed by atoms with Crippen molar-refractivity contribution in [3.63, 3.8) is 0 Å². The second-order valence-corrected chi connectivity index (χ2v) is 13.1. The van der Waals surface area contributed by atoms with Gasteiger partial charge in [-0.1, -0.05) is 25.2 Å². The smallest absolute Gasteiger partial charge is 0.343 e. The summed E-state index contributed by atoms with van der Waals surface area (Å²) in [6.07, 6.45) is 4.62. The van der Waals surface area contributed by atoms with Crippen LogP contribution in [-0.4, -0.2) is 75.1 Å². The van der Waals surface area contributed by atoms with E-state index in [0.29, 0.717) is 6.42 Å². The predicted molar refractivity (Wildman–Crippen MR) is 126 cm³/mol. The molecule has 11 atom stereocenters. The quantitative estimate of drug-likeness (QED) is 0.264. The summed E-state index contributed by atoms with van der Waals surface area (Å²) in [5.41, 5.74) is -9.40. The number of ketones is 1. The SMILES string of the molecule is C[C@@]12C[C@H]3OC(=O)[C@@H]1CO[C@H]1C(=O)O[C@@]4(C2)[C@@]3(C)OC(=O)[C@@]4(O)CC[C@H]2[C@H]1C=C[C@@]1(O)CC=CC(=O)[C@]21C. The van der Waals surface area contributed by atoms with Crippen LogP contribution in [0.2, 0.25) is 0 Å². The van der Waals surface area contributed by atoms with E-state index in [0.717, 1.165) is 0 Å². The summed E-state index contributed by atoms with van der Waals surface area (Å²) in [6.45, 7) is 4.96. The number of hydrogen-bond donors (Lipinski definition) is 2. The summed E-state index contributed by atoms with van der Waals surface area (Å²) in [5, 5.41) is 23.9. The molecule has 4 bridgehead atoms. The minimum absolute atomic E-state index is 0.00483. The van der Waals surface area contributed by atoms with Gasteiger partial charge in [0.1, 0.15) is 6.10 Å². The van der Waals surface area contributed by atoms with E-state index in [1.807, 2.05) is 6.92 Å². The van der Waals surface area contributed by atoms with Crippen LogP contribution in [0, 0.1) is 28.6 Å². The third-order valence-corrected chi connectivity index (χ3v) is 11.4. The van der Waals surface area contributed by atoms with Crippen molar-refractivity contribution in [2.75, 3.05) is 6.61 Å². The Hall–Kier alpha value is -2.56. The average Bonchev–Trinajstić information content (AvgIpc) is 3.03. The zero-order valence-corrected chi connectivity index (χ0v) is 21.6. The molecule has 4 heterocycles. The second-order valence-electron chi connectivity index (χ2n) is 13.1. The normalized spacial score (nSPS) is 56.3. The maximum atomic E-state index is 14.1. The number of allylic oxidation sites excluding steroid dienone is 1. The van der Waals surface area contributed by atoms with Crippen molar-refractivity contribution in [3.05, 3.63) is 24.3 Å². The molecule has 10 heteroatoms. The minimum atomic E-state index is -2.27. The van der Waals surface area contributed by atoms with Crippen LogP contribution in [0.3, 0.4) is 0 Å². The first-order chi connectivity index (χ1) is 17.7. The van der Waals surface area contributed by atoms with E-state index in [1.165, 1.54) is 6.08 Å². The molecule has 1 saturated carbocycles. The maximum Gasteiger partial charge on any atom is 0.343 e. The zero-order chi connectivity index (χ0) is 27.1. The Kier molecular flexibility index (Phi) is 4.48. The summed E-state index contributed by atoms with van der Waals surface area (Å²) in [6, 6.07) is 0. The molecule has 10 nitrogen and oxygen atoms in total. The average molecular weight is 529 g/mol. The van der Waals surface area contributed by atoms with E-state index >= 15 is 0 Å². The Balaban J connectivity index is 1.47. The lowest BCUT2D eigenvalue weighted by molar-refractivity contribution is -0.280. The number of ether oxygens (including phenoxy) is 4. The van der Waals surface area contributed by atoms with E-state index in [1.54, 1.807) is 32.1 Å². The van der Waals surface area contributed by atoms with Crippen molar-refractivity contribution in [1.29, 1.82) is 0 Å². The number of aliphatic hydroxyl groups is 2. The van der Waals surface area contributed by atoms with Crippen molar-refractivity contribution in [3.8, 4) is 0 Å². The lowest BCUT2D eigenvalue weighted by Crippen LogP contribution is -2.75. The second kappa shape index (κ2) is 6.95. The van der Waals surface area contributed by atoms with Crippen LogP contribution in [0.25, 0.3) is 0 Å². The number of esters is 3. The number of hydrogen-bond acceptors (Lipinski definition) is 10. The standard InChI is InChI=1S/C28H32O10/c1-23-11-18-25(3)28(13-23)27(34,22(32)38-25)10-7-15-14(6-9-26(33)8-4-5-17(29)24(15,26)2)19(21(31)37-28)35-12-16(23)20(30)36-18/h4-6,9,14-16,18-19,33-34H,7-8,10-13H2,1-3H3/t14-,15+,16+,18-,19-,23+,24+,25+,26+,27+,28+/m1/s1. The molecular formula is C28H32O10. The lowest BCUT2D eigenvalue weighted by atomic mass is 9.50. The number of carbonyl (C=O) groups excluding carboxylic acids is 4. The fourth-order valence-corrected chi connectivity index (χ4v) is 8.96. The van der Waals surface area contributed by atoms with Gasteiger partial charge in [-0.15, -0.1) is 0 Å². The van der Waals surface area contributed by atoms with Crippen LogP contribution in [0.5, 0.6) is 0 Å². The molecule has 204 valence electrons. The zero-order valence-electron chi connectivity index (χ0n) is 21.6. The van der Waals surface area contributed by atoms with Crippen molar-refractivity contribution < 1.29 is 48.3 Å². The van der Waals surface area contributed by atoms with Gasteiger partial charge in [0, 0.05) is 12.3 Å². The molecule has 5 fully saturated rings. The van der Waals surface area contributed by atoms with Crippen molar-refractivity contribution in [1.82, 2.24) is 0 Å². The lowest BCUT2D eigenvalue weighted by Gasteiger charge is -2.59. The molecule has 38 heavy (non-hydrogen) atoms. The van der Waals surface area contributed by atoms with Gasteiger partial charge in [-0.2, -0.15) is 0 Å². The molecule has 1 spiro atoms. The fourth-order valence-electron chi connectivity index (χ4n) is 8.96. The van der Waals surface area contributed by atoms with Crippen molar-refractivity contribution >= 4 is 23.7 Å². The third-order valence-electron chi connectivity index (χ3n) is 11.4. The first-order valence-electron chi connectivity index (χ1n) is 13.4. The molecule has 4 saturated heterocycles. The largest absolute Gasteiger partial charge is 0.458 e. The van der Waals surface area contributed by atoms with Crippen molar-refractivity contribution in [2.45, 2.75) is 87.5 Å². The topological polar surface area (TPSA) is 146 Å². The van der Waals surface area contributed by atoms with Gasteiger partial charge in [0.2, 0.25) is 5.60 Å². The van der Waals surface area contributed by atoms with E-state index in [2.05, 4.69) is 0 Å². The summed E-state index contributed by atoms with van der Waals surface area (Å²) >= 11 is 0. The molecule has 0 unspecified atom stereocenters. The van der Waals surface area contributed by atoms with E-state index in [4.69, 9.17) is 18.9 Å². The van der Waals surface area contributed by atoms with Crippen LogP contribution in [-0.2, 0) is 38.1 Å². The number of rotatable bonds is 0. The molecule has 0 aromatic rings. The van der Waals surface area contributed by atoms with Gasteiger partial charge < -0.3 is 29.2 Å². The first-order valence-corrected chi connectivity index (χ1v) is 13.4. The van der Waals surface area contributed by atoms with Crippen LogP contribution in [0.4, 0.5) is 0 Å². The van der Waals surface area contributed by atoms with Crippen LogP contribution in [0.1, 0.15) is 52.9 Å². The van der Waals surface area contributed by atoms with Gasteiger partial charge >= 0.3 is 17.9 Å². The maximum absolute atomic E-state index is 14.1. The number of carbonyl (C=O) groups is 4. The van der Waals surface area contributed by atoms with Crippen LogP contribution >= 0.6 is 0 Å². The Morgan fingerprint density at radius 2 is 1.79 bits per heavy atom. The Morgan fingerprint density at radius 1 is 1.03 bits per heavy atom. The van der Waals surface area contributed by atoms with Crippen molar-refractivity contribution in [2.24, 2.45) is 28.6 Å². The molecule has 0 aromatic heterocycles. The molecule has 0 amide bonds. The highest BCUT2D eigenvalue weighted by Crippen LogP contribution is 2.66. The van der Waals surface area contributed by atoms with E-state index in [-0.39, 0.29) is 38.1 Å². The molecule has 4 aliphatic heterocycles. The highest BCUT2D eigenvalue weighted by molar-refractivity contribution is 5.98. The molecule has 0 aromatic carbocycles. The van der Waals surface area contributed by atoms with Gasteiger partial charge in [-0.05, 0) is 56.9 Å². The van der Waals surface area contributed by atoms with Gasteiger partial charge in [0.05, 0.1) is 23.5 Å². The minimum Gasteiger partial charge on any atom is -0.458 e. The monoisotopic (exact) mass is 528 g/mol. The summed E-state index contributed by atoms with van der Waals surface area (Å²) in [7, 11) is 0.